The minimum absolute atomic E-state index is 0.000499. The van der Waals surface area contributed by atoms with Crippen molar-refractivity contribution in [2.75, 3.05) is 30.9 Å². The zero-order valence-corrected chi connectivity index (χ0v) is 16.2. The number of aromatic nitrogens is 2. The molecule has 0 bridgehead atoms. The highest BCUT2D eigenvalue weighted by molar-refractivity contribution is 7.92. The molecule has 2 heterocycles. The number of rotatable bonds is 7. The highest BCUT2D eigenvalue weighted by Crippen LogP contribution is 2.22. The highest BCUT2D eigenvalue weighted by atomic mass is 32.2. The molecule has 1 fully saturated rings. The van der Waals surface area contributed by atoms with E-state index in [2.05, 4.69) is 20.0 Å². The van der Waals surface area contributed by atoms with Gasteiger partial charge in [0.15, 0.2) is 5.82 Å². The third-order valence-electron chi connectivity index (χ3n) is 3.97. The summed E-state index contributed by atoms with van der Waals surface area (Å²) in [4.78, 5) is 19.9. The molecule has 0 saturated carbocycles. The van der Waals surface area contributed by atoms with Gasteiger partial charge in [-0.25, -0.2) is 8.42 Å². The number of nitrogens with one attached hydrogen (secondary N) is 2. The molecule has 0 aliphatic carbocycles. The molecule has 1 saturated heterocycles. The molecule has 0 spiro atoms. The van der Waals surface area contributed by atoms with Crippen LogP contribution in [0.15, 0.2) is 35.2 Å². The Morgan fingerprint density at radius 1 is 1.18 bits per heavy atom. The topological polar surface area (TPSA) is 129 Å². The van der Waals surface area contributed by atoms with E-state index in [1.165, 1.54) is 44.6 Å². The van der Waals surface area contributed by atoms with Crippen LogP contribution in [0.2, 0.25) is 0 Å². The van der Waals surface area contributed by atoms with Crippen LogP contribution in [-0.4, -0.2) is 51.2 Å². The number of carbonyl (C=O) groups is 1. The van der Waals surface area contributed by atoms with Crippen LogP contribution in [0, 0.1) is 0 Å². The van der Waals surface area contributed by atoms with Gasteiger partial charge in [0.25, 0.3) is 15.9 Å². The molecule has 150 valence electrons. The van der Waals surface area contributed by atoms with Gasteiger partial charge in [-0.1, -0.05) is 0 Å². The minimum atomic E-state index is -3.91. The molecule has 28 heavy (non-hydrogen) atoms. The summed E-state index contributed by atoms with van der Waals surface area (Å²) in [6.45, 7) is 0.569. The summed E-state index contributed by atoms with van der Waals surface area (Å²) < 4.78 is 42.7. The Morgan fingerprint density at radius 2 is 1.93 bits per heavy atom. The van der Waals surface area contributed by atoms with E-state index in [0.717, 1.165) is 6.42 Å². The van der Waals surface area contributed by atoms with Gasteiger partial charge >= 0.3 is 6.01 Å². The number of nitrogens with zero attached hydrogens (tertiary/aromatic N) is 2. The summed E-state index contributed by atoms with van der Waals surface area (Å²) in [6.07, 6.45) is 1.06. The lowest BCUT2D eigenvalue weighted by Gasteiger charge is -2.12. The SMILES string of the molecule is COc1cc(NS(=O)(=O)c2ccc(NC(=O)[C@@H]3CCCO3)cc2)nc(OC)n1. The Kier molecular flexibility index (Phi) is 5.95. The number of hydrogen-bond donors (Lipinski definition) is 2. The number of methoxy groups -OCH3 is 2. The lowest BCUT2D eigenvalue weighted by Crippen LogP contribution is -2.26. The first-order chi connectivity index (χ1) is 13.4. The highest BCUT2D eigenvalue weighted by Gasteiger charge is 2.24. The Hall–Kier alpha value is -2.92. The second kappa shape index (κ2) is 8.40. The number of carbonyl (C=O) groups excluding carboxylic acids is 1. The Labute approximate surface area is 162 Å². The first-order valence-corrected chi connectivity index (χ1v) is 9.92. The second-order valence-corrected chi connectivity index (χ2v) is 7.59. The molecule has 1 aliphatic heterocycles. The van der Waals surface area contributed by atoms with Gasteiger partial charge in [-0.2, -0.15) is 9.97 Å². The standard InChI is InChI=1S/C17H20N4O6S/c1-25-15-10-14(19-17(20-15)26-2)21-28(23,24)12-7-5-11(6-8-12)18-16(22)13-4-3-9-27-13/h5-8,10,13H,3-4,9H2,1-2H3,(H,18,22)(H,19,20,21)/t13-/m0/s1. The van der Waals surface area contributed by atoms with E-state index in [1.54, 1.807) is 0 Å². The summed E-state index contributed by atoms with van der Waals surface area (Å²) >= 11 is 0. The fourth-order valence-electron chi connectivity index (χ4n) is 2.57. The summed E-state index contributed by atoms with van der Waals surface area (Å²) in [6, 6.07) is 7.05. The van der Waals surface area contributed by atoms with Crippen LogP contribution in [0.1, 0.15) is 12.8 Å². The monoisotopic (exact) mass is 408 g/mol. The Balaban J connectivity index is 1.72. The molecule has 1 aliphatic rings. The van der Waals surface area contributed by atoms with Gasteiger partial charge < -0.3 is 19.5 Å². The van der Waals surface area contributed by atoms with Gasteiger partial charge in [0.1, 0.15) is 6.10 Å². The van der Waals surface area contributed by atoms with Crippen molar-refractivity contribution >= 4 is 27.4 Å². The maximum Gasteiger partial charge on any atom is 0.321 e. The molecule has 3 rings (SSSR count). The summed E-state index contributed by atoms with van der Waals surface area (Å²) in [5, 5.41) is 2.71. The predicted octanol–water partition coefficient (Wildman–Crippen LogP) is 1.41. The van der Waals surface area contributed by atoms with Crippen molar-refractivity contribution in [3.05, 3.63) is 30.3 Å². The third kappa shape index (κ3) is 4.67. The van der Waals surface area contributed by atoms with Crippen LogP contribution in [0.3, 0.4) is 0 Å². The van der Waals surface area contributed by atoms with Crippen molar-refractivity contribution in [1.29, 1.82) is 0 Å². The Morgan fingerprint density at radius 3 is 2.54 bits per heavy atom. The van der Waals surface area contributed by atoms with E-state index in [9.17, 15) is 13.2 Å². The Bertz CT molecular complexity index is 920. The first kappa shape index (κ1) is 19.8. The molecular formula is C17H20N4O6S. The number of anilines is 2. The zero-order chi connectivity index (χ0) is 20.1. The molecule has 1 amide bonds. The van der Waals surface area contributed by atoms with E-state index < -0.39 is 16.1 Å². The lowest BCUT2D eigenvalue weighted by atomic mass is 10.2. The van der Waals surface area contributed by atoms with Crippen LogP contribution in [0.4, 0.5) is 11.5 Å². The van der Waals surface area contributed by atoms with Crippen LogP contribution in [0.5, 0.6) is 11.9 Å². The van der Waals surface area contributed by atoms with Crippen molar-refractivity contribution < 1.29 is 27.4 Å². The predicted molar refractivity (Wildman–Crippen MR) is 100.0 cm³/mol. The van der Waals surface area contributed by atoms with Gasteiger partial charge in [0.05, 0.1) is 19.1 Å². The molecule has 0 unspecified atom stereocenters. The number of amides is 1. The zero-order valence-electron chi connectivity index (χ0n) is 15.3. The van der Waals surface area contributed by atoms with Crippen LogP contribution in [0.25, 0.3) is 0 Å². The van der Waals surface area contributed by atoms with Crippen molar-refractivity contribution in [3.63, 3.8) is 0 Å². The molecule has 1 aromatic heterocycles. The molecule has 0 radical (unpaired) electrons. The quantitative estimate of drug-likeness (QED) is 0.704. The summed E-state index contributed by atoms with van der Waals surface area (Å²) in [5.41, 5.74) is 0.477. The van der Waals surface area contributed by atoms with Crippen molar-refractivity contribution in [2.24, 2.45) is 0 Å². The maximum atomic E-state index is 12.6. The summed E-state index contributed by atoms with van der Waals surface area (Å²) in [5.74, 6) is -0.0948. The van der Waals surface area contributed by atoms with E-state index in [1.807, 2.05) is 0 Å². The van der Waals surface area contributed by atoms with E-state index in [4.69, 9.17) is 14.2 Å². The molecule has 1 atom stereocenters. The van der Waals surface area contributed by atoms with Crippen LogP contribution >= 0.6 is 0 Å². The van der Waals surface area contributed by atoms with Crippen molar-refractivity contribution in [2.45, 2.75) is 23.8 Å². The fourth-order valence-corrected chi connectivity index (χ4v) is 3.57. The van der Waals surface area contributed by atoms with Gasteiger partial charge in [0.2, 0.25) is 5.88 Å². The normalized spacial score (nSPS) is 16.4. The lowest BCUT2D eigenvalue weighted by molar-refractivity contribution is -0.124. The van der Waals surface area contributed by atoms with Gasteiger partial charge in [-0.15, -0.1) is 0 Å². The van der Waals surface area contributed by atoms with Gasteiger partial charge in [-0.3, -0.25) is 9.52 Å². The van der Waals surface area contributed by atoms with E-state index in [0.29, 0.717) is 18.7 Å². The number of hydrogen-bond acceptors (Lipinski definition) is 8. The van der Waals surface area contributed by atoms with Gasteiger partial charge in [0, 0.05) is 18.4 Å². The van der Waals surface area contributed by atoms with Crippen molar-refractivity contribution in [3.8, 4) is 11.9 Å². The molecular weight excluding hydrogens is 388 g/mol. The molecule has 2 N–H and O–H groups in total. The van der Waals surface area contributed by atoms with Crippen molar-refractivity contribution in [1.82, 2.24) is 9.97 Å². The molecule has 2 aromatic rings. The van der Waals surface area contributed by atoms with Gasteiger partial charge in [-0.05, 0) is 37.1 Å². The molecule has 10 nitrogen and oxygen atoms in total. The number of sulfonamides is 1. The largest absolute Gasteiger partial charge is 0.481 e. The fraction of sp³-hybridized carbons (Fsp3) is 0.353. The average Bonchev–Trinajstić information content (AvgIpc) is 3.22. The van der Waals surface area contributed by atoms with Crippen LogP contribution < -0.4 is 19.5 Å². The van der Waals surface area contributed by atoms with Crippen LogP contribution in [-0.2, 0) is 19.6 Å². The number of benzene rings is 1. The maximum absolute atomic E-state index is 12.6. The molecule has 11 heteroatoms. The molecule has 1 aromatic carbocycles. The first-order valence-electron chi connectivity index (χ1n) is 8.43. The number of ether oxygens (including phenoxy) is 3. The van der Waals surface area contributed by atoms with E-state index in [-0.39, 0.29) is 28.5 Å². The average molecular weight is 408 g/mol. The smallest absolute Gasteiger partial charge is 0.321 e. The second-order valence-electron chi connectivity index (χ2n) is 5.90. The minimum Gasteiger partial charge on any atom is -0.481 e. The summed E-state index contributed by atoms with van der Waals surface area (Å²) in [7, 11) is -1.16. The third-order valence-corrected chi connectivity index (χ3v) is 5.34. The van der Waals surface area contributed by atoms with E-state index >= 15 is 0 Å².